The van der Waals surface area contributed by atoms with E-state index >= 15 is 0 Å². The van der Waals surface area contributed by atoms with Crippen molar-refractivity contribution in [1.29, 1.82) is 0 Å². The Labute approximate surface area is 113 Å². The topological polar surface area (TPSA) is 63.8 Å². The van der Waals surface area contributed by atoms with Gasteiger partial charge >= 0.3 is 0 Å². The van der Waals surface area contributed by atoms with Crippen LogP contribution in [-0.2, 0) is 0 Å². The Hall–Kier alpha value is -1.75. The van der Waals surface area contributed by atoms with Gasteiger partial charge in [0.05, 0.1) is 5.92 Å². The van der Waals surface area contributed by atoms with Gasteiger partial charge in [0, 0.05) is 24.0 Å². The standard InChI is InChI=1S/C14H20N4O/c1-9(2)12(10(3)15-4)14-17-13(18-19-14)11-5-7-16-8-6-11/h5-10,12,15H,1-4H3. The van der Waals surface area contributed by atoms with Crippen molar-refractivity contribution in [2.24, 2.45) is 5.92 Å². The number of nitrogens with one attached hydrogen (secondary N) is 1. The molecule has 0 spiro atoms. The van der Waals surface area contributed by atoms with Gasteiger partial charge < -0.3 is 9.84 Å². The molecule has 0 aliphatic rings. The molecule has 2 atom stereocenters. The lowest BCUT2D eigenvalue weighted by molar-refractivity contribution is 0.286. The van der Waals surface area contributed by atoms with Crippen LogP contribution in [0, 0.1) is 5.92 Å². The molecule has 102 valence electrons. The third-order valence-electron chi connectivity index (χ3n) is 3.38. The van der Waals surface area contributed by atoms with Crippen LogP contribution in [0.3, 0.4) is 0 Å². The first-order chi connectivity index (χ1) is 9.13. The molecule has 0 aromatic carbocycles. The van der Waals surface area contributed by atoms with Crippen molar-refractivity contribution in [2.75, 3.05) is 7.05 Å². The van der Waals surface area contributed by atoms with E-state index in [0.29, 0.717) is 17.6 Å². The molecule has 2 aromatic heterocycles. The molecule has 0 saturated heterocycles. The Kier molecular flexibility index (Phi) is 4.27. The van der Waals surface area contributed by atoms with Crippen molar-refractivity contribution < 1.29 is 4.52 Å². The van der Waals surface area contributed by atoms with Gasteiger partial charge in [0.1, 0.15) is 0 Å². The number of aromatic nitrogens is 3. The highest BCUT2D eigenvalue weighted by Crippen LogP contribution is 2.28. The third-order valence-corrected chi connectivity index (χ3v) is 3.38. The van der Waals surface area contributed by atoms with Gasteiger partial charge in [-0.1, -0.05) is 19.0 Å². The van der Waals surface area contributed by atoms with Crippen LogP contribution in [0.15, 0.2) is 29.0 Å². The Morgan fingerprint density at radius 3 is 2.42 bits per heavy atom. The summed E-state index contributed by atoms with van der Waals surface area (Å²) in [6.07, 6.45) is 3.45. The van der Waals surface area contributed by atoms with E-state index in [0.717, 1.165) is 5.56 Å². The molecule has 0 amide bonds. The van der Waals surface area contributed by atoms with E-state index in [-0.39, 0.29) is 12.0 Å². The minimum absolute atomic E-state index is 0.202. The average Bonchev–Trinajstić information content (AvgIpc) is 2.88. The molecule has 2 rings (SSSR count). The van der Waals surface area contributed by atoms with Crippen LogP contribution in [0.2, 0.25) is 0 Å². The molecular formula is C14H20N4O. The van der Waals surface area contributed by atoms with Gasteiger partial charge in [0.15, 0.2) is 0 Å². The second kappa shape index (κ2) is 5.93. The molecule has 0 fully saturated rings. The van der Waals surface area contributed by atoms with Gasteiger partial charge in [-0.05, 0) is 32.0 Å². The minimum Gasteiger partial charge on any atom is -0.339 e. The van der Waals surface area contributed by atoms with Crippen LogP contribution in [0.25, 0.3) is 11.4 Å². The molecule has 0 aliphatic heterocycles. The predicted molar refractivity (Wildman–Crippen MR) is 73.6 cm³/mol. The van der Waals surface area contributed by atoms with Crippen LogP contribution in [0.1, 0.15) is 32.6 Å². The van der Waals surface area contributed by atoms with Crippen molar-refractivity contribution in [2.45, 2.75) is 32.7 Å². The fourth-order valence-electron chi connectivity index (χ4n) is 2.24. The van der Waals surface area contributed by atoms with E-state index in [9.17, 15) is 0 Å². The Balaban J connectivity index is 2.29. The Morgan fingerprint density at radius 2 is 1.84 bits per heavy atom. The second-order valence-corrected chi connectivity index (χ2v) is 5.04. The maximum atomic E-state index is 5.44. The quantitative estimate of drug-likeness (QED) is 0.894. The summed E-state index contributed by atoms with van der Waals surface area (Å²) in [7, 11) is 1.94. The van der Waals surface area contributed by atoms with Crippen molar-refractivity contribution in [1.82, 2.24) is 20.4 Å². The van der Waals surface area contributed by atoms with Gasteiger partial charge in [-0.25, -0.2) is 0 Å². The maximum Gasteiger partial charge on any atom is 0.231 e. The minimum atomic E-state index is 0.202. The SMILES string of the molecule is CNC(C)C(c1nc(-c2ccncc2)no1)C(C)C. The highest BCUT2D eigenvalue weighted by Gasteiger charge is 2.27. The first-order valence-electron chi connectivity index (χ1n) is 6.54. The first-order valence-corrected chi connectivity index (χ1v) is 6.54. The van der Waals surface area contributed by atoms with Crippen LogP contribution in [-0.4, -0.2) is 28.2 Å². The number of likely N-dealkylation sites (N-methyl/N-ethyl adjacent to an activating group) is 1. The third kappa shape index (κ3) is 2.98. The molecule has 5 heteroatoms. The van der Waals surface area contributed by atoms with E-state index < -0.39 is 0 Å². The zero-order chi connectivity index (χ0) is 13.8. The molecule has 19 heavy (non-hydrogen) atoms. The molecule has 0 bridgehead atoms. The summed E-state index contributed by atoms with van der Waals surface area (Å²) in [5, 5.41) is 7.32. The predicted octanol–water partition coefficient (Wildman–Crippen LogP) is 2.48. The highest BCUT2D eigenvalue weighted by molar-refractivity contribution is 5.52. The van der Waals surface area contributed by atoms with Crippen LogP contribution in [0.5, 0.6) is 0 Å². The van der Waals surface area contributed by atoms with Gasteiger partial charge in [0.25, 0.3) is 0 Å². The van der Waals surface area contributed by atoms with Gasteiger partial charge in [0.2, 0.25) is 11.7 Å². The summed E-state index contributed by atoms with van der Waals surface area (Å²) < 4.78 is 5.44. The number of rotatable bonds is 5. The molecular weight excluding hydrogens is 240 g/mol. The van der Waals surface area contributed by atoms with Crippen molar-refractivity contribution in [3.05, 3.63) is 30.4 Å². The lowest BCUT2D eigenvalue weighted by atomic mass is 9.89. The maximum absolute atomic E-state index is 5.44. The molecule has 5 nitrogen and oxygen atoms in total. The van der Waals surface area contributed by atoms with E-state index in [1.54, 1.807) is 12.4 Å². The zero-order valence-corrected chi connectivity index (χ0v) is 11.8. The molecule has 0 radical (unpaired) electrons. The summed E-state index contributed by atoms with van der Waals surface area (Å²) >= 11 is 0. The number of pyridine rings is 1. The number of nitrogens with zero attached hydrogens (tertiary/aromatic N) is 3. The molecule has 2 heterocycles. The van der Waals surface area contributed by atoms with Crippen molar-refractivity contribution >= 4 is 0 Å². The van der Waals surface area contributed by atoms with Gasteiger partial charge in [-0.15, -0.1) is 0 Å². The lowest BCUT2D eigenvalue weighted by Crippen LogP contribution is -2.32. The van der Waals surface area contributed by atoms with Crippen LogP contribution >= 0.6 is 0 Å². The first kappa shape index (κ1) is 13.7. The largest absolute Gasteiger partial charge is 0.339 e. The average molecular weight is 260 g/mol. The smallest absolute Gasteiger partial charge is 0.231 e. The van der Waals surface area contributed by atoms with E-state index in [2.05, 4.69) is 41.2 Å². The number of hydrogen-bond donors (Lipinski definition) is 1. The van der Waals surface area contributed by atoms with Gasteiger partial charge in [-0.2, -0.15) is 4.98 Å². The fourth-order valence-corrected chi connectivity index (χ4v) is 2.24. The van der Waals surface area contributed by atoms with Crippen LogP contribution < -0.4 is 5.32 Å². The molecule has 2 aromatic rings. The van der Waals surface area contributed by atoms with Crippen LogP contribution in [0.4, 0.5) is 0 Å². The zero-order valence-electron chi connectivity index (χ0n) is 11.8. The Morgan fingerprint density at radius 1 is 1.16 bits per heavy atom. The monoisotopic (exact) mass is 260 g/mol. The molecule has 0 aliphatic carbocycles. The summed E-state index contributed by atoms with van der Waals surface area (Å²) in [6, 6.07) is 4.03. The molecule has 0 saturated carbocycles. The van der Waals surface area contributed by atoms with E-state index in [4.69, 9.17) is 4.52 Å². The summed E-state index contributed by atoms with van der Waals surface area (Å²) in [4.78, 5) is 8.51. The summed E-state index contributed by atoms with van der Waals surface area (Å²) in [5.41, 5.74) is 0.921. The van der Waals surface area contributed by atoms with Crippen molar-refractivity contribution in [3.8, 4) is 11.4 Å². The Bertz CT molecular complexity index is 509. The fraction of sp³-hybridized carbons (Fsp3) is 0.500. The summed E-state index contributed by atoms with van der Waals surface area (Å²) in [6.45, 7) is 6.45. The normalized spacial score (nSPS) is 14.6. The molecule has 1 N–H and O–H groups in total. The summed E-state index contributed by atoms with van der Waals surface area (Å²) in [5.74, 6) is 1.93. The van der Waals surface area contributed by atoms with E-state index in [1.807, 2.05) is 19.2 Å². The second-order valence-electron chi connectivity index (χ2n) is 5.04. The lowest BCUT2D eigenvalue weighted by Gasteiger charge is -2.23. The van der Waals surface area contributed by atoms with Gasteiger partial charge in [-0.3, -0.25) is 4.98 Å². The highest BCUT2D eigenvalue weighted by atomic mass is 16.5. The van der Waals surface area contributed by atoms with Crippen molar-refractivity contribution in [3.63, 3.8) is 0 Å². The molecule has 2 unspecified atom stereocenters. The van der Waals surface area contributed by atoms with E-state index in [1.165, 1.54) is 0 Å². The number of hydrogen-bond acceptors (Lipinski definition) is 5.